The molecule has 34 heavy (non-hydrogen) atoms. The third kappa shape index (κ3) is 9.88. The SMILES string of the molecule is NC(=O)CN1CC(Cc2ccccc2)NC(=O)CCCCC(=O)NC(CCCN=C(N)N)C1=O. The molecule has 0 saturated carbocycles. The van der Waals surface area contributed by atoms with E-state index in [1.165, 1.54) is 4.90 Å². The Balaban J connectivity index is 2.28. The maximum atomic E-state index is 13.4. The van der Waals surface area contributed by atoms with Crippen LogP contribution in [0.3, 0.4) is 0 Å². The number of nitrogens with zero attached hydrogens (tertiary/aromatic N) is 2. The van der Waals surface area contributed by atoms with E-state index in [1.807, 2.05) is 30.3 Å². The predicted molar refractivity (Wildman–Crippen MR) is 128 cm³/mol. The first-order chi connectivity index (χ1) is 16.2. The number of guanidine groups is 1. The monoisotopic (exact) mass is 473 g/mol. The average Bonchev–Trinajstić information content (AvgIpc) is 2.78. The van der Waals surface area contributed by atoms with Gasteiger partial charge in [-0.2, -0.15) is 0 Å². The van der Waals surface area contributed by atoms with E-state index < -0.39 is 23.9 Å². The minimum Gasteiger partial charge on any atom is -0.370 e. The molecule has 0 bridgehead atoms. The molecule has 8 N–H and O–H groups in total. The highest BCUT2D eigenvalue weighted by Crippen LogP contribution is 2.11. The molecule has 1 aliphatic rings. The highest BCUT2D eigenvalue weighted by Gasteiger charge is 2.29. The number of benzene rings is 1. The zero-order valence-electron chi connectivity index (χ0n) is 19.4. The summed E-state index contributed by atoms with van der Waals surface area (Å²) in [6, 6.07) is 8.24. The molecule has 1 saturated heterocycles. The molecule has 0 radical (unpaired) electrons. The van der Waals surface area contributed by atoms with Crippen LogP contribution in [0, 0.1) is 0 Å². The highest BCUT2D eigenvalue weighted by molar-refractivity contribution is 5.90. The number of hydrogen-bond acceptors (Lipinski definition) is 5. The summed E-state index contributed by atoms with van der Waals surface area (Å²) in [6.07, 6.45) is 2.72. The van der Waals surface area contributed by atoms with Crippen molar-refractivity contribution < 1.29 is 19.2 Å². The molecule has 1 aromatic carbocycles. The van der Waals surface area contributed by atoms with Crippen LogP contribution in [0.5, 0.6) is 0 Å². The molecule has 0 aromatic heterocycles. The van der Waals surface area contributed by atoms with Crippen molar-refractivity contribution in [3.8, 4) is 0 Å². The maximum absolute atomic E-state index is 13.4. The molecule has 0 aliphatic carbocycles. The lowest BCUT2D eigenvalue weighted by atomic mass is 10.0. The molecule has 1 fully saturated rings. The van der Waals surface area contributed by atoms with Gasteiger partial charge in [0.15, 0.2) is 5.96 Å². The van der Waals surface area contributed by atoms with E-state index in [0.29, 0.717) is 32.2 Å². The maximum Gasteiger partial charge on any atom is 0.245 e. The molecular formula is C23H35N7O4. The topological polar surface area (TPSA) is 186 Å². The third-order valence-electron chi connectivity index (χ3n) is 5.43. The lowest BCUT2D eigenvalue weighted by Gasteiger charge is -2.31. The van der Waals surface area contributed by atoms with E-state index in [9.17, 15) is 19.2 Å². The summed E-state index contributed by atoms with van der Waals surface area (Å²) in [6.45, 7) is 0.0352. The molecule has 4 amide bonds. The van der Waals surface area contributed by atoms with E-state index in [4.69, 9.17) is 17.2 Å². The summed E-state index contributed by atoms with van der Waals surface area (Å²) < 4.78 is 0. The van der Waals surface area contributed by atoms with E-state index in [1.54, 1.807) is 0 Å². The van der Waals surface area contributed by atoms with Gasteiger partial charge in [0, 0.05) is 25.9 Å². The summed E-state index contributed by atoms with van der Waals surface area (Å²) >= 11 is 0. The van der Waals surface area contributed by atoms with E-state index in [2.05, 4.69) is 15.6 Å². The number of aliphatic imine (C=N–C) groups is 1. The Kier molecular flexibility index (Phi) is 10.8. The molecule has 2 atom stereocenters. The molecule has 186 valence electrons. The second kappa shape index (κ2) is 13.8. The zero-order chi connectivity index (χ0) is 24.9. The van der Waals surface area contributed by atoms with Crippen molar-refractivity contribution in [3.63, 3.8) is 0 Å². The van der Waals surface area contributed by atoms with Gasteiger partial charge in [0.2, 0.25) is 23.6 Å². The fourth-order valence-electron chi connectivity index (χ4n) is 3.87. The van der Waals surface area contributed by atoms with Crippen LogP contribution in [0.4, 0.5) is 0 Å². The van der Waals surface area contributed by atoms with Gasteiger partial charge in [-0.1, -0.05) is 30.3 Å². The number of carbonyl (C=O) groups excluding carboxylic acids is 4. The first kappa shape index (κ1) is 26.6. The van der Waals surface area contributed by atoms with Crippen LogP contribution in [-0.4, -0.2) is 66.2 Å². The Bertz CT molecular complexity index is 871. The molecule has 1 aliphatic heterocycles. The summed E-state index contributed by atoms with van der Waals surface area (Å²) in [5.41, 5.74) is 17.1. The van der Waals surface area contributed by atoms with Crippen molar-refractivity contribution in [3.05, 3.63) is 35.9 Å². The lowest BCUT2D eigenvalue weighted by Crippen LogP contribution is -2.54. The van der Waals surface area contributed by atoms with Crippen molar-refractivity contribution in [2.24, 2.45) is 22.2 Å². The van der Waals surface area contributed by atoms with Gasteiger partial charge in [0.25, 0.3) is 0 Å². The number of amides is 4. The van der Waals surface area contributed by atoms with Gasteiger partial charge in [-0.3, -0.25) is 24.2 Å². The Labute approximate surface area is 199 Å². The number of primary amides is 1. The summed E-state index contributed by atoms with van der Waals surface area (Å²) in [7, 11) is 0. The van der Waals surface area contributed by atoms with Gasteiger partial charge >= 0.3 is 0 Å². The van der Waals surface area contributed by atoms with Crippen molar-refractivity contribution in [1.29, 1.82) is 0 Å². The molecule has 0 spiro atoms. The molecule has 11 heteroatoms. The van der Waals surface area contributed by atoms with Gasteiger partial charge in [0.1, 0.15) is 6.04 Å². The molecule has 2 rings (SSSR count). The zero-order valence-corrected chi connectivity index (χ0v) is 19.4. The van der Waals surface area contributed by atoms with Crippen LogP contribution in [0.2, 0.25) is 0 Å². The normalized spacial score (nSPS) is 20.2. The smallest absolute Gasteiger partial charge is 0.245 e. The van der Waals surface area contributed by atoms with Crippen LogP contribution in [0.25, 0.3) is 0 Å². The van der Waals surface area contributed by atoms with E-state index in [0.717, 1.165) is 5.56 Å². The predicted octanol–water partition coefficient (Wildman–Crippen LogP) is -0.860. The van der Waals surface area contributed by atoms with Gasteiger partial charge < -0.3 is 32.7 Å². The van der Waals surface area contributed by atoms with Crippen molar-refractivity contribution >= 4 is 29.6 Å². The first-order valence-electron chi connectivity index (χ1n) is 11.5. The minimum absolute atomic E-state index is 0.0554. The lowest BCUT2D eigenvalue weighted by molar-refractivity contribution is -0.139. The summed E-state index contributed by atoms with van der Waals surface area (Å²) in [5.74, 6) is -1.64. The molecule has 1 heterocycles. The number of hydrogen-bond donors (Lipinski definition) is 5. The second-order valence-corrected chi connectivity index (χ2v) is 8.42. The molecule has 1 aromatic rings. The number of nitrogens with one attached hydrogen (secondary N) is 2. The second-order valence-electron chi connectivity index (χ2n) is 8.42. The largest absolute Gasteiger partial charge is 0.370 e. The summed E-state index contributed by atoms with van der Waals surface area (Å²) in [4.78, 5) is 55.4. The number of carbonyl (C=O) groups is 4. The van der Waals surface area contributed by atoms with Crippen LogP contribution in [-0.2, 0) is 25.6 Å². The van der Waals surface area contributed by atoms with Crippen LogP contribution in [0.15, 0.2) is 35.3 Å². The highest BCUT2D eigenvalue weighted by atomic mass is 16.2. The van der Waals surface area contributed by atoms with Crippen molar-refractivity contribution in [1.82, 2.24) is 15.5 Å². The Morgan fingerprint density at radius 3 is 2.26 bits per heavy atom. The van der Waals surface area contributed by atoms with E-state index in [-0.39, 0.29) is 50.1 Å². The first-order valence-corrected chi connectivity index (χ1v) is 11.5. The van der Waals surface area contributed by atoms with Crippen molar-refractivity contribution in [2.75, 3.05) is 19.6 Å². The molecule has 11 nitrogen and oxygen atoms in total. The molecular weight excluding hydrogens is 438 g/mol. The standard InChI is InChI=1S/C23H35N7O4/c24-19(31)15-30-14-17(13-16-7-2-1-3-8-16)28-20(32)10-4-5-11-21(33)29-18(22(30)34)9-6-12-27-23(25)26/h1-3,7-8,17-18H,4-6,9-15H2,(H2,24,31)(H,28,32)(H,29,33)(H4,25,26,27). The fourth-order valence-corrected chi connectivity index (χ4v) is 3.87. The molecule has 2 unspecified atom stereocenters. The Morgan fingerprint density at radius 1 is 1.00 bits per heavy atom. The van der Waals surface area contributed by atoms with Crippen molar-refractivity contribution in [2.45, 2.75) is 57.0 Å². The third-order valence-corrected chi connectivity index (χ3v) is 5.43. The van der Waals surface area contributed by atoms with Crippen LogP contribution >= 0.6 is 0 Å². The fraction of sp³-hybridized carbons (Fsp3) is 0.522. The van der Waals surface area contributed by atoms with Gasteiger partial charge in [0.05, 0.1) is 12.6 Å². The quantitative estimate of drug-likeness (QED) is 0.186. The number of nitrogens with two attached hydrogens (primary N) is 3. The summed E-state index contributed by atoms with van der Waals surface area (Å²) in [5, 5.41) is 5.76. The average molecular weight is 474 g/mol. The number of rotatable bonds is 8. The van der Waals surface area contributed by atoms with Gasteiger partial charge in [-0.15, -0.1) is 0 Å². The minimum atomic E-state index is -0.866. The Hall–Kier alpha value is -3.63. The van der Waals surface area contributed by atoms with Crippen LogP contribution < -0.4 is 27.8 Å². The van der Waals surface area contributed by atoms with E-state index >= 15 is 0 Å². The van der Waals surface area contributed by atoms with Gasteiger partial charge in [-0.25, -0.2) is 0 Å². The van der Waals surface area contributed by atoms with Gasteiger partial charge in [-0.05, 0) is 37.7 Å². The Morgan fingerprint density at radius 2 is 1.65 bits per heavy atom. The van der Waals surface area contributed by atoms with Crippen LogP contribution in [0.1, 0.15) is 44.1 Å².